The average Bonchev–Trinajstić information content (AvgIpc) is 2.35. The smallest absolute Gasteiger partial charge is 0.224 e. The van der Waals surface area contributed by atoms with E-state index in [2.05, 4.69) is 11.4 Å². The van der Waals surface area contributed by atoms with Gasteiger partial charge in [-0.2, -0.15) is 5.26 Å². The van der Waals surface area contributed by atoms with Crippen molar-refractivity contribution in [1.29, 1.82) is 5.26 Å². The van der Waals surface area contributed by atoms with E-state index in [9.17, 15) is 4.79 Å². The number of carbonyl (C=O) groups excluding carboxylic acids is 1. The molecule has 2 unspecified atom stereocenters. The van der Waals surface area contributed by atoms with Crippen molar-refractivity contribution in [2.75, 3.05) is 0 Å². The summed E-state index contributed by atoms with van der Waals surface area (Å²) in [6.45, 7) is 5.86. The molecule has 0 saturated carbocycles. The summed E-state index contributed by atoms with van der Waals surface area (Å²) in [7, 11) is 0. The number of hydrogen-bond acceptors (Lipinski definition) is 2. The number of carbonyl (C=O) groups is 1. The standard InChI is InChI=1S/C14H18N2O/c1-10(2)11(3)14(17)16-13(9-15)12-7-5-4-6-8-12/h4-8,10-11,13H,1-3H3,(H,16,17). The van der Waals surface area contributed by atoms with Gasteiger partial charge in [-0.25, -0.2) is 0 Å². The van der Waals surface area contributed by atoms with Crippen LogP contribution >= 0.6 is 0 Å². The number of benzene rings is 1. The number of rotatable bonds is 4. The third kappa shape index (κ3) is 3.60. The summed E-state index contributed by atoms with van der Waals surface area (Å²) in [4.78, 5) is 11.9. The molecule has 17 heavy (non-hydrogen) atoms. The maximum absolute atomic E-state index is 11.9. The Labute approximate surface area is 102 Å². The first-order valence-corrected chi connectivity index (χ1v) is 5.81. The molecule has 0 spiro atoms. The van der Waals surface area contributed by atoms with Crippen LogP contribution in [0.15, 0.2) is 30.3 Å². The summed E-state index contributed by atoms with van der Waals surface area (Å²) in [5, 5.41) is 11.8. The molecule has 2 atom stereocenters. The highest BCUT2D eigenvalue weighted by molar-refractivity contribution is 5.79. The van der Waals surface area contributed by atoms with Crippen LogP contribution in [0.2, 0.25) is 0 Å². The lowest BCUT2D eigenvalue weighted by Crippen LogP contribution is -2.34. The largest absolute Gasteiger partial charge is 0.336 e. The van der Waals surface area contributed by atoms with E-state index in [0.717, 1.165) is 5.56 Å². The molecule has 1 aromatic carbocycles. The van der Waals surface area contributed by atoms with Gasteiger partial charge in [0.1, 0.15) is 6.04 Å². The van der Waals surface area contributed by atoms with Gasteiger partial charge >= 0.3 is 0 Å². The third-order valence-electron chi connectivity index (χ3n) is 2.96. The molecule has 0 aromatic heterocycles. The van der Waals surface area contributed by atoms with Gasteiger partial charge in [0.25, 0.3) is 0 Å². The highest BCUT2D eigenvalue weighted by Crippen LogP contribution is 2.15. The zero-order valence-corrected chi connectivity index (χ0v) is 10.5. The van der Waals surface area contributed by atoms with E-state index in [0.29, 0.717) is 0 Å². The maximum atomic E-state index is 11.9. The molecule has 0 saturated heterocycles. The maximum Gasteiger partial charge on any atom is 0.224 e. The normalized spacial score (nSPS) is 13.8. The lowest BCUT2D eigenvalue weighted by atomic mass is 9.96. The van der Waals surface area contributed by atoms with Crippen molar-refractivity contribution in [3.63, 3.8) is 0 Å². The van der Waals surface area contributed by atoms with Gasteiger partial charge in [0.15, 0.2) is 0 Å². The molecule has 90 valence electrons. The van der Waals surface area contributed by atoms with Crippen molar-refractivity contribution in [3.05, 3.63) is 35.9 Å². The lowest BCUT2D eigenvalue weighted by Gasteiger charge is -2.18. The number of hydrogen-bond donors (Lipinski definition) is 1. The molecule has 0 radical (unpaired) electrons. The lowest BCUT2D eigenvalue weighted by molar-refractivity contribution is -0.126. The van der Waals surface area contributed by atoms with Crippen molar-refractivity contribution in [3.8, 4) is 6.07 Å². The molecular formula is C14H18N2O. The van der Waals surface area contributed by atoms with Gasteiger partial charge in [-0.3, -0.25) is 4.79 Å². The van der Waals surface area contributed by atoms with Crippen LogP contribution in [0.5, 0.6) is 0 Å². The Bertz CT molecular complexity index is 406. The van der Waals surface area contributed by atoms with Crippen LogP contribution in [0.1, 0.15) is 32.4 Å². The van der Waals surface area contributed by atoms with Crippen molar-refractivity contribution in [2.45, 2.75) is 26.8 Å². The first-order valence-electron chi connectivity index (χ1n) is 5.81. The van der Waals surface area contributed by atoms with Gasteiger partial charge in [-0.05, 0) is 11.5 Å². The van der Waals surface area contributed by atoms with Crippen LogP contribution in [0.3, 0.4) is 0 Å². The molecule has 0 aliphatic heterocycles. The van der Waals surface area contributed by atoms with Crippen LogP contribution in [0.4, 0.5) is 0 Å². The van der Waals surface area contributed by atoms with E-state index < -0.39 is 6.04 Å². The van der Waals surface area contributed by atoms with E-state index in [-0.39, 0.29) is 17.7 Å². The van der Waals surface area contributed by atoms with Gasteiger partial charge in [0.05, 0.1) is 6.07 Å². The Morgan fingerprint density at radius 1 is 1.24 bits per heavy atom. The molecular weight excluding hydrogens is 212 g/mol. The number of nitrogens with one attached hydrogen (secondary N) is 1. The third-order valence-corrected chi connectivity index (χ3v) is 2.96. The number of nitriles is 1. The predicted molar refractivity (Wildman–Crippen MR) is 66.9 cm³/mol. The van der Waals surface area contributed by atoms with Crippen LogP contribution in [-0.2, 0) is 4.79 Å². The fourth-order valence-corrected chi connectivity index (χ4v) is 1.41. The second kappa shape index (κ2) is 6.05. The number of amides is 1. The zero-order chi connectivity index (χ0) is 12.8. The monoisotopic (exact) mass is 230 g/mol. The van der Waals surface area contributed by atoms with Gasteiger partial charge < -0.3 is 5.32 Å². The van der Waals surface area contributed by atoms with E-state index in [4.69, 9.17) is 5.26 Å². The van der Waals surface area contributed by atoms with E-state index >= 15 is 0 Å². The summed E-state index contributed by atoms with van der Waals surface area (Å²) in [5.41, 5.74) is 0.819. The van der Waals surface area contributed by atoms with Crippen molar-refractivity contribution >= 4 is 5.91 Å². The van der Waals surface area contributed by atoms with Crippen molar-refractivity contribution < 1.29 is 4.79 Å². The molecule has 0 heterocycles. The molecule has 1 rings (SSSR count). The van der Waals surface area contributed by atoms with Gasteiger partial charge in [0, 0.05) is 5.92 Å². The van der Waals surface area contributed by atoms with Crippen molar-refractivity contribution in [2.24, 2.45) is 11.8 Å². The minimum absolute atomic E-state index is 0.0737. The molecule has 0 aliphatic rings. The summed E-state index contributed by atoms with van der Waals surface area (Å²) in [5.74, 6) is 0.107. The Kier molecular flexibility index (Phi) is 4.71. The van der Waals surface area contributed by atoms with Crippen LogP contribution in [0.25, 0.3) is 0 Å². The molecule has 1 N–H and O–H groups in total. The SMILES string of the molecule is CC(C)C(C)C(=O)NC(C#N)c1ccccc1. The summed E-state index contributed by atoms with van der Waals surface area (Å²) in [6, 6.07) is 10.8. The first-order chi connectivity index (χ1) is 8.06. The fraction of sp³-hybridized carbons (Fsp3) is 0.429. The summed E-state index contributed by atoms with van der Waals surface area (Å²) < 4.78 is 0. The Morgan fingerprint density at radius 3 is 2.29 bits per heavy atom. The van der Waals surface area contributed by atoms with Crippen molar-refractivity contribution in [1.82, 2.24) is 5.32 Å². The van der Waals surface area contributed by atoms with Gasteiger partial charge in [-0.1, -0.05) is 51.1 Å². The van der Waals surface area contributed by atoms with Gasteiger partial charge in [-0.15, -0.1) is 0 Å². The minimum atomic E-state index is -0.565. The Hall–Kier alpha value is -1.82. The molecule has 0 aliphatic carbocycles. The highest BCUT2D eigenvalue weighted by Gasteiger charge is 2.20. The van der Waals surface area contributed by atoms with Crippen LogP contribution in [-0.4, -0.2) is 5.91 Å². The molecule has 0 fully saturated rings. The Balaban J connectivity index is 2.73. The van der Waals surface area contributed by atoms with E-state index in [1.54, 1.807) is 0 Å². The summed E-state index contributed by atoms with van der Waals surface area (Å²) in [6.07, 6.45) is 0. The second-order valence-electron chi connectivity index (χ2n) is 4.51. The van der Waals surface area contributed by atoms with E-state index in [1.807, 2.05) is 51.1 Å². The topological polar surface area (TPSA) is 52.9 Å². The predicted octanol–water partition coefficient (Wildman–Crippen LogP) is 2.66. The molecule has 0 bridgehead atoms. The molecule has 3 nitrogen and oxygen atoms in total. The molecule has 3 heteroatoms. The quantitative estimate of drug-likeness (QED) is 0.864. The number of nitrogens with zero attached hydrogens (tertiary/aromatic N) is 1. The van der Waals surface area contributed by atoms with Crippen LogP contribution < -0.4 is 5.32 Å². The average molecular weight is 230 g/mol. The summed E-state index contributed by atoms with van der Waals surface area (Å²) >= 11 is 0. The zero-order valence-electron chi connectivity index (χ0n) is 10.5. The minimum Gasteiger partial charge on any atom is -0.336 e. The fourth-order valence-electron chi connectivity index (χ4n) is 1.41. The first kappa shape index (κ1) is 13.2. The molecule has 1 aromatic rings. The van der Waals surface area contributed by atoms with E-state index in [1.165, 1.54) is 0 Å². The molecule has 1 amide bonds. The van der Waals surface area contributed by atoms with Gasteiger partial charge in [0.2, 0.25) is 5.91 Å². The highest BCUT2D eigenvalue weighted by atomic mass is 16.1. The van der Waals surface area contributed by atoms with Crippen LogP contribution in [0, 0.1) is 23.2 Å². The Morgan fingerprint density at radius 2 is 1.82 bits per heavy atom. The second-order valence-corrected chi connectivity index (χ2v) is 4.51.